The van der Waals surface area contributed by atoms with E-state index in [1.165, 1.54) is 6.33 Å². The highest BCUT2D eigenvalue weighted by Crippen LogP contribution is 2.28. The van der Waals surface area contributed by atoms with Gasteiger partial charge in [0.25, 0.3) is 5.91 Å². The zero-order chi connectivity index (χ0) is 18.3. The molecule has 0 saturated carbocycles. The molecule has 0 aromatic carbocycles. The summed E-state index contributed by atoms with van der Waals surface area (Å²) in [4.78, 5) is 18.1. The molecular formula is C17H22N8O. The van der Waals surface area contributed by atoms with Crippen LogP contribution in [0.4, 0.5) is 0 Å². The first-order valence-electron chi connectivity index (χ1n) is 8.81. The van der Waals surface area contributed by atoms with E-state index < -0.39 is 0 Å². The van der Waals surface area contributed by atoms with Crippen LogP contribution in [0.15, 0.2) is 18.5 Å². The number of carbonyl (C=O) groups is 1. The van der Waals surface area contributed by atoms with Crippen molar-refractivity contribution in [3.63, 3.8) is 0 Å². The van der Waals surface area contributed by atoms with Gasteiger partial charge in [-0.15, -0.1) is 10.2 Å². The summed E-state index contributed by atoms with van der Waals surface area (Å²) in [5.41, 5.74) is 1.72. The number of nitrogens with zero attached hydrogens (tertiary/aromatic N) is 7. The van der Waals surface area contributed by atoms with Crippen molar-refractivity contribution in [3.05, 3.63) is 35.8 Å². The Morgan fingerprint density at radius 1 is 1.19 bits per heavy atom. The summed E-state index contributed by atoms with van der Waals surface area (Å²) in [5, 5.41) is 19.8. The lowest BCUT2D eigenvalue weighted by atomic mass is 9.92. The summed E-state index contributed by atoms with van der Waals surface area (Å²) in [5.74, 6) is 1.28. The fourth-order valence-corrected chi connectivity index (χ4v) is 3.26. The molecule has 9 heteroatoms. The topological polar surface area (TPSA) is 105 Å². The normalized spacial score (nSPS) is 16.3. The average molecular weight is 354 g/mol. The van der Waals surface area contributed by atoms with Crippen LogP contribution >= 0.6 is 0 Å². The number of nitrogens with one attached hydrogen (secondary N) is 1. The second-order valence-electron chi connectivity index (χ2n) is 7.70. The van der Waals surface area contributed by atoms with Gasteiger partial charge in [-0.1, -0.05) is 20.8 Å². The molecule has 1 saturated heterocycles. The maximum atomic E-state index is 12.4. The van der Waals surface area contributed by atoms with Crippen molar-refractivity contribution in [1.82, 2.24) is 39.9 Å². The maximum Gasteiger partial charge on any atom is 0.291 e. The fourth-order valence-electron chi connectivity index (χ4n) is 3.26. The van der Waals surface area contributed by atoms with Crippen LogP contribution in [-0.4, -0.2) is 58.9 Å². The highest BCUT2D eigenvalue weighted by atomic mass is 16.2. The molecule has 136 valence electrons. The number of piperidine rings is 1. The molecule has 4 rings (SSSR count). The van der Waals surface area contributed by atoms with Crippen LogP contribution in [0.25, 0.3) is 5.65 Å². The third-order valence-corrected chi connectivity index (χ3v) is 4.82. The van der Waals surface area contributed by atoms with Crippen molar-refractivity contribution in [1.29, 1.82) is 0 Å². The lowest BCUT2D eigenvalue weighted by Gasteiger charge is -2.30. The lowest BCUT2D eigenvalue weighted by molar-refractivity contribution is 0.0698. The summed E-state index contributed by atoms with van der Waals surface area (Å²) >= 11 is 0. The molecule has 3 aromatic heterocycles. The monoisotopic (exact) mass is 354 g/mol. The molecule has 1 fully saturated rings. The van der Waals surface area contributed by atoms with Gasteiger partial charge in [0.05, 0.1) is 5.69 Å². The average Bonchev–Trinajstić information content (AvgIpc) is 3.30. The van der Waals surface area contributed by atoms with Crippen molar-refractivity contribution >= 4 is 11.6 Å². The van der Waals surface area contributed by atoms with Crippen LogP contribution in [-0.2, 0) is 5.41 Å². The first-order chi connectivity index (χ1) is 12.4. The second kappa shape index (κ2) is 6.15. The number of amides is 1. The van der Waals surface area contributed by atoms with E-state index in [1.54, 1.807) is 4.90 Å². The van der Waals surface area contributed by atoms with E-state index in [-0.39, 0.29) is 23.1 Å². The Bertz CT molecular complexity index is 916. The molecule has 1 amide bonds. The van der Waals surface area contributed by atoms with E-state index in [0.717, 1.165) is 30.0 Å². The zero-order valence-corrected chi connectivity index (χ0v) is 15.2. The molecule has 26 heavy (non-hydrogen) atoms. The van der Waals surface area contributed by atoms with Gasteiger partial charge in [-0.05, 0) is 25.0 Å². The number of H-pyrrole nitrogens is 1. The van der Waals surface area contributed by atoms with Crippen LogP contribution in [0.5, 0.6) is 0 Å². The number of rotatable bonds is 2. The van der Waals surface area contributed by atoms with Gasteiger partial charge < -0.3 is 4.90 Å². The molecule has 0 aliphatic carbocycles. The largest absolute Gasteiger partial charge is 0.336 e. The first kappa shape index (κ1) is 16.6. The SMILES string of the molecule is CC(C)(C)c1ccc2nnc(C3CCN(C(=O)c4ncn[nH]4)CC3)n2n1. The molecule has 0 atom stereocenters. The van der Waals surface area contributed by atoms with Crippen LogP contribution in [0.3, 0.4) is 0 Å². The van der Waals surface area contributed by atoms with Crippen LogP contribution in [0, 0.1) is 0 Å². The van der Waals surface area contributed by atoms with Gasteiger partial charge in [0.2, 0.25) is 5.82 Å². The molecule has 0 bridgehead atoms. The molecule has 4 heterocycles. The highest BCUT2D eigenvalue weighted by Gasteiger charge is 2.29. The van der Waals surface area contributed by atoms with Crippen LogP contribution in [0.1, 0.15) is 61.7 Å². The van der Waals surface area contributed by atoms with Gasteiger partial charge in [0.15, 0.2) is 11.5 Å². The molecule has 0 radical (unpaired) electrons. The quantitative estimate of drug-likeness (QED) is 0.749. The van der Waals surface area contributed by atoms with Gasteiger partial charge >= 0.3 is 0 Å². The van der Waals surface area contributed by atoms with Gasteiger partial charge in [-0.25, -0.2) is 4.98 Å². The number of carbonyl (C=O) groups excluding carboxylic acids is 1. The predicted octanol–water partition coefficient (Wildman–Crippen LogP) is 1.56. The molecule has 0 unspecified atom stereocenters. The number of hydrogen-bond acceptors (Lipinski definition) is 6. The maximum absolute atomic E-state index is 12.4. The minimum absolute atomic E-state index is 0.0391. The van der Waals surface area contributed by atoms with Crippen LogP contribution < -0.4 is 0 Å². The fraction of sp³-hybridized carbons (Fsp3) is 0.529. The summed E-state index contributed by atoms with van der Waals surface area (Å²) < 4.78 is 1.86. The number of aromatic nitrogens is 7. The van der Waals surface area contributed by atoms with Gasteiger partial charge in [-0.2, -0.15) is 14.7 Å². The van der Waals surface area contributed by atoms with Gasteiger partial charge in [0, 0.05) is 24.4 Å². The lowest BCUT2D eigenvalue weighted by Crippen LogP contribution is -2.38. The Kier molecular flexibility index (Phi) is 3.93. The van der Waals surface area contributed by atoms with Gasteiger partial charge in [-0.3, -0.25) is 9.89 Å². The Balaban J connectivity index is 1.53. The van der Waals surface area contributed by atoms with Crippen molar-refractivity contribution in [3.8, 4) is 0 Å². The summed E-state index contributed by atoms with van der Waals surface area (Å²) in [7, 11) is 0. The van der Waals surface area contributed by atoms with Crippen molar-refractivity contribution < 1.29 is 4.79 Å². The molecule has 1 aliphatic heterocycles. The summed E-state index contributed by atoms with van der Waals surface area (Å²) in [6, 6.07) is 3.97. The summed E-state index contributed by atoms with van der Waals surface area (Å²) in [6.45, 7) is 7.71. The molecule has 0 spiro atoms. The Labute approximate surface area is 150 Å². The smallest absolute Gasteiger partial charge is 0.291 e. The van der Waals surface area contributed by atoms with E-state index in [4.69, 9.17) is 5.10 Å². The minimum atomic E-state index is -0.111. The minimum Gasteiger partial charge on any atom is -0.336 e. The molecule has 1 aliphatic rings. The third kappa shape index (κ3) is 2.93. The van der Waals surface area contributed by atoms with Crippen molar-refractivity contribution in [2.45, 2.75) is 44.9 Å². The van der Waals surface area contributed by atoms with Crippen molar-refractivity contribution in [2.75, 3.05) is 13.1 Å². The highest BCUT2D eigenvalue weighted by molar-refractivity contribution is 5.90. The van der Waals surface area contributed by atoms with E-state index in [1.807, 2.05) is 16.6 Å². The standard InChI is InChI=1S/C17H22N8O/c1-17(2,3)12-4-5-13-20-22-15(25(13)23-12)11-6-8-24(9-7-11)16(26)14-18-10-19-21-14/h4-5,10-11H,6-9H2,1-3H3,(H,18,19,21). The molecule has 1 N–H and O–H groups in total. The van der Waals surface area contributed by atoms with E-state index in [0.29, 0.717) is 13.1 Å². The third-order valence-electron chi connectivity index (χ3n) is 4.82. The number of hydrogen-bond donors (Lipinski definition) is 1. The predicted molar refractivity (Wildman–Crippen MR) is 93.7 cm³/mol. The van der Waals surface area contributed by atoms with Crippen molar-refractivity contribution in [2.24, 2.45) is 0 Å². The van der Waals surface area contributed by atoms with E-state index >= 15 is 0 Å². The zero-order valence-electron chi connectivity index (χ0n) is 15.2. The van der Waals surface area contributed by atoms with Crippen LogP contribution in [0.2, 0.25) is 0 Å². The number of likely N-dealkylation sites (tertiary alicyclic amines) is 1. The molecule has 3 aromatic rings. The Morgan fingerprint density at radius 3 is 2.62 bits per heavy atom. The van der Waals surface area contributed by atoms with E-state index in [9.17, 15) is 4.79 Å². The first-order valence-corrected chi connectivity index (χ1v) is 8.81. The molecular weight excluding hydrogens is 332 g/mol. The second-order valence-corrected chi connectivity index (χ2v) is 7.70. The van der Waals surface area contributed by atoms with Gasteiger partial charge in [0.1, 0.15) is 6.33 Å². The number of fused-ring (bicyclic) bond motifs is 1. The van der Waals surface area contributed by atoms with E-state index in [2.05, 4.69) is 46.1 Å². The Morgan fingerprint density at radius 2 is 1.96 bits per heavy atom. The number of aromatic amines is 1. The molecule has 9 nitrogen and oxygen atoms in total. The summed E-state index contributed by atoms with van der Waals surface area (Å²) in [6.07, 6.45) is 2.99. The Hall–Kier alpha value is -2.84.